The third-order valence-electron chi connectivity index (χ3n) is 5.58. The zero-order chi connectivity index (χ0) is 22.2. The number of carbonyl (C=O) groups excluding carboxylic acids is 1. The lowest BCUT2D eigenvalue weighted by Crippen LogP contribution is -2.48. The molecule has 1 aliphatic heterocycles. The maximum absolute atomic E-state index is 13.1. The van der Waals surface area contributed by atoms with Gasteiger partial charge in [-0.3, -0.25) is 9.10 Å². The van der Waals surface area contributed by atoms with E-state index in [0.29, 0.717) is 23.7 Å². The Bertz CT molecular complexity index is 1200. The Morgan fingerprint density at radius 2 is 1.71 bits per heavy atom. The molecule has 0 radical (unpaired) electrons. The zero-order valence-electron chi connectivity index (χ0n) is 17.7. The van der Waals surface area contributed by atoms with E-state index in [0.717, 1.165) is 34.6 Å². The van der Waals surface area contributed by atoms with E-state index in [4.69, 9.17) is 4.74 Å². The van der Waals surface area contributed by atoms with Crippen molar-refractivity contribution in [1.29, 1.82) is 0 Å². The average Bonchev–Trinajstić information content (AvgIpc) is 3.21. The lowest BCUT2D eigenvalue weighted by molar-refractivity contribution is 0.0751. The van der Waals surface area contributed by atoms with Crippen LogP contribution in [0.5, 0.6) is 5.75 Å². The van der Waals surface area contributed by atoms with Crippen molar-refractivity contribution in [1.82, 2.24) is 4.90 Å². The van der Waals surface area contributed by atoms with Crippen molar-refractivity contribution in [3.05, 3.63) is 53.4 Å². The molecule has 1 aliphatic rings. The van der Waals surface area contributed by atoms with Gasteiger partial charge in [-0.05, 0) is 53.9 Å². The predicted molar refractivity (Wildman–Crippen MR) is 126 cm³/mol. The summed E-state index contributed by atoms with van der Waals surface area (Å²) >= 11 is 1.44. The molecular weight excluding hydrogens is 434 g/mol. The monoisotopic (exact) mass is 459 g/mol. The SMILES string of the molecule is COc1ccc(N2CCN(C(=O)c3cc4cc(N(C)S(C)(=O)=O)ccc4s3)CC2)cc1. The minimum absolute atomic E-state index is 0.0219. The lowest BCUT2D eigenvalue weighted by atomic mass is 10.2. The standard InChI is InChI=1S/C22H25N3O4S2/c1-23(31(3,27)28)18-6-9-20-16(14-18)15-21(30-20)22(26)25-12-10-24(11-13-25)17-4-7-19(29-2)8-5-17/h4-9,14-15H,10-13H2,1-3H3. The number of ether oxygens (including phenoxy) is 1. The molecule has 0 spiro atoms. The number of anilines is 2. The molecule has 7 nitrogen and oxygen atoms in total. The van der Waals surface area contributed by atoms with E-state index in [1.54, 1.807) is 13.2 Å². The molecule has 1 saturated heterocycles. The Kier molecular flexibility index (Phi) is 5.81. The highest BCUT2D eigenvalue weighted by molar-refractivity contribution is 7.92. The van der Waals surface area contributed by atoms with Gasteiger partial charge < -0.3 is 14.5 Å². The Hall–Kier alpha value is -2.78. The summed E-state index contributed by atoms with van der Waals surface area (Å²) in [4.78, 5) is 17.9. The third kappa shape index (κ3) is 4.47. The molecule has 0 saturated carbocycles. The first kappa shape index (κ1) is 21.5. The van der Waals surface area contributed by atoms with Crippen LogP contribution in [0, 0.1) is 0 Å². The smallest absolute Gasteiger partial charge is 0.264 e. The number of piperazine rings is 1. The molecule has 4 rings (SSSR count). The molecule has 1 amide bonds. The van der Waals surface area contributed by atoms with Gasteiger partial charge in [-0.15, -0.1) is 11.3 Å². The number of fused-ring (bicyclic) bond motifs is 1. The van der Waals surface area contributed by atoms with Gasteiger partial charge in [-0.25, -0.2) is 8.42 Å². The van der Waals surface area contributed by atoms with Crippen LogP contribution in [0.25, 0.3) is 10.1 Å². The van der Waals surface area contributed by atoms with Gasteiger partial charge in [0.15, 0.2) is 0 Å². The van der Waals surface area contributed by atoms with Gasteiger partial charge in [0.1, 0.15) is 5.75 Å². The second kappa shape index (κ2) is 8.39. The largest absolute Gasteiger partial charge is 0.497 e. The molecule has 1 fully saturated rings. The molecule has 164 valence electrons. The van der Waals surface area contributed by atoms with Crippen LogP contribution < -0.4 is 13.9 Å². The average molecular weight is 460 g/mol. The first-order chi connectivity index (χ1) is 14.8. The molecule has 0 bridgehead atoms. The second-order valence-corrected chi connectivity index (χ2v) is 10.6. The molecule has 0 atom stereocenters. The van der Waals surface area contributed by atoms with Gasteiger partial charge >= 0.3 is 0 Å². The van der Waals surface area contributed by atoms with Crippen molar-refractivity contribution in [3.8, 4) is 5.75 Å². The number of thiophene rings is 1. The summed E-state index contributed by atoms with van der Waals surface area (Å²) in [6, 6.07) is 15.3. The number of hydrogen-bond acceptors (Lipinski definition) is 6. The summed E-state index contributed by atoms with van der Waals surface area (Å²) in [7, 11) is -0.157. The highest BCUT2D eigenvalue weighted by Gasteiger charge is 2.24. The molecule has 31 heavy (non-hydrogen) atoms. The number of rotatable bonds is 5. The van der Waals surface area contributed by atoms with Gasteiger partial charge in [0.25, 0.3) is 5.91 Å². The normalized spacial score (nSPS) is 14.7. The van der Waals surface area contributed by atoms with E-state index >= 15 is 0 Å². The maximum atomic E-state index is 13.1. The van der Waals surface area contributed by atoms with Crippen molar-refractivity contribution >= 4 is 48.7 Å². The number of sulfonamides is 1. The van der Waals surface area contributed by atoms with Crippen LogP contribution in [-0.4, -0.2) is 65.8 Å². The highest BCUT2D eigenvalue weighted by atomic mass is 32.2. The first-order valence-electron chi connectivity index (χ1n) is 9.92. The van der Waals surface area contributed by atoms with Crippen LogP contribution in [0.2, 0.25) is 0 Å². The van der Waals surface area contributed by atoms with Crippen LogP contribution >= 0.6 is 11.3 Å². The predicted octanol–water partition coefficient (Wildman–Crippen LogP) is 3.27. The molecule has 1 aromatic heterocycles. The minimum atomic E-state index is -3.33. The summed E-state index contributed by atoms with van der Waals surface area (Å²) in [5, 5.41) is 0.873. The molecule has 0 aliphatic carbocycles. The minimum Gasteiger partial charge on any atom is -0.497 e. The number of methoxy groups -OCH3 is 1. The summed E-state index contributed by atoms with van der Waals surface area (Å²) in [6.45, 7) is 2.85. The van der Waals surface area contributed by atoms with Crippen LogP contribution in [0.1, 0.15) is 9.67 Å². The van der Waals surface area contributed by atoms with Gasteiger partial charge in [-0.1, -0.05) is 0 Å². The Morgan fingerprint density at radius 3 is 2.32 bits per heavy atom. The molecule has 0 unspecified atom stereocenters. The second-order valence-electron chi connectivity index (χ2n) is 7.54. The Morgan fingerprint density at radius 1 is 1.03 bits per heavy atom. The van der Waals surface area contributed by atoms with E-state index in [1.165, 1.54) is 28.9 Å². The number of hydrogen-bond donors (Lipinski definition) is 0. The van der Waals surface area contributed by atoms with Gasteiger partial charge in [0, 0.05) is 43.6 Å². The van der Waals surface area contributed by atoms with E-state index in [1.807, 2.05) is 47.4 Å². The van der Waals surface area contributed by atoms with Crippen LogP contribution in [-0.2, 0) is 10.0 Å². The number of carbonyl (C=O) groups is 1. The zero-order valence-corrected chi connectivity index (χ0v) is 19.4. The Balaban J connectivity index is 1.46. The maximum Gasteiger partial charge on any atom is 0.264 e. The molecule has 0 N–H and O–H groups in total. The summed E-state index contributed by atoms with van der Waals surface area (Å²) in [5.74, 6) is 0.849. The first-order valence-corrected chi connectivity index (χ1v) is 12.6. The van der Waals surface area contributed by atoms with Crippen molar-refractivity contribution in [2.24, 2.45) is 0 Å². The number of nitrogens with zero attached hydrogens (tertiary/aromatic N) is 3. The fraction of sp³-hybridized carbons (Fsp3) is 0.318. The summed E-state index contributed by atoms with van der Waals surface area (Å²) in [6.07, 6.45) is 1.17. The van der Waals surface area contributed by atoms with Crippen molar-refractivity contribution in [2.75, 3.05) is 55.8 Å². The highest BCUT2D eigenvalue weighted by Crippen LogP contribution is 2.31. The fourth-order valence-electron chi connectivity index (χ4n) is 3.64. The summed E-state index contributed by atoms with van der Waals surface area (Å²) in [5.41, 5.74) is 1.71. The number of benzene rings is 2. The lowest BCUT2D eigenvalue weighted by Gasteiger charge is -2.36. The molecule has 3 aromatic rings. The van der Waals surface area contributed by atoms with Crippen LogP contribution in [0.15, 0.2) is 48.5 Å². The Labute approximate surface area is 186 Å². The van der Waals surface area contributed by atoms with Crippen LogP contribution in [0.3, 0.4) is 0 Å². The fourth-order valence-corrected chi connectivity index (χ4v) is 5.15. The van der Waals surface area contributed by atoms with Crippen LogP contribution in [0.4, 0.5) is 11.4 Å². The summed E-state index contributed by atoms with van der Waals surface area (Å²) < 4.78 is 31.0. The van der Waals surface area contributed by atoms with Gasteiger partial charge in [0.05, 0.1) is 23.9 Å². The van der Waals surface area contributed by atoms with Crippen molar-refractivity contribution < 1.29 is 17.9 Å². The van der Waals surface area contributed by atoms with Gasteiger partial charge in [-0.2, -0.15) is 0 Å². The topological polar surface area (TPSA) is 70.2 Å². The van der Waals surface area contributed by atoms with Crippen molar-refractivity contribution in [2.45, 2.75) is 0 Å². The molecule has 9 heteroatoms. The molecular formula is C22H25N3O4S2. The quantitative estimate of drug-likeness (QED) is 0.586. The van der Waals surface area contributed by atoms with Gasteiger partial charge in [0.2, 0.25) is 10.0 Å². The number of amides is 1. The third-order valence-corrected chi connectivity index (χ3v) is 7.89. The van der Waals surface area contributed by atoms with E-state index in [-0.39, 0.29) is 5.91 Å². The van der Waals surface area contributed by atoms with E-state index in [2.05, 4.69) is 4.90 Å². The van der Waals surface area contributed by atoms with Crippen molar-refractivity contribution in [3.63, 3.8) is 0 Å². The van der Waals surface area contributed by atoms with E-state index < -0.39 is 10.0 Å². The molecule has 2 heterocycles. The van der Waals surface area contributed by atoms with E-state index in [9.17, 15) is 13.2 Å². The molecule has 2 aromatic carbocycles.